The average Bonchev–Trinajstić information content (AvgIpc) is 3.29. The molecular weight excluding hydrogens is 649 g/mol. The summed E-state index contributed by atoms with van der Waals surface area (Å²) in [5.74, 6) is -0.470. The summed E-state index contributed by atoms with van der Waals surface area (Å²) in [5.41, 5.74) is 4.36. The predicted octanol–water partition coefficient (Wildman–Crippen LogP) is 1.84. The monoisotopic (exact) mass is 690 g/mol. The van der Waals surface area contributed by atoms with E-state index in [4.69, 9.17) is 24.8 Å². The van der Waals surface area contributed by atoms with Gasteiger partial charge < -0.3 is 35.4 Å². The maximum atomic E-state index is 12.4. The van der Waals surface area contributed by atoms with Crippen molar-refractivity contribution >= 4 is 29.4 Å². The van der Waals surface area contributed by atoms with Crippen molar-refractivity contribution in [1.82, 2.24) is 14.9 Å². The van der Waals surface area contributed by atoms with Crippen LogP contribution in [0.4, 0.5) is 0 Å². The van der Waals surface area contributed by atoms with E-state index in [1.807, 2.05) is 12.2 Å². The molecule has 1 saturated heterocycles. The summed E-state index contributed by atoms with van der Waals surface area (Å²) in [6.45, 7) is 2.07. The molecule has 1 aliphatic rings. The number of nitrogens with zero attached hydrogens (tertiary/aromatic N) is 1. The lowest BCUT2D eigenvalue weighted by Gasteiger charge is -2.20. The summed E-state index contributed by atoms with van der Waals surface area (Å²) in [6, 6.07) is 0. The molecule has 18 nitrogen and oxygen atoms in total. The Bertz CT molecular complexity index is 1380. The number of H-pyrrole nitrogens is 1. The van der Waals surface area contributed by atoms with Gasteiger partial charge in [-0.15, -0.1) is 0 Å². The lowest BCUT2D eigenvalue weighted by Crippen LogP contribution is -2.33. The highest BCUT2D eigenvalue weighted by molar-refractivity contribution is 7.66. The molecule has 252 valence electrons. The van der Waals surface area contributed by atoms with E-state index in [0.29, 0.717) is 38.8 Å². The Balaban J connectivity index is 1.97. The number of amides is 1. The van der Waals surface area contributed by atoms with Crippen LogP contribution < -0.4 is 22.3 Å². The number of ether oxygens (including phenoxy) is 1. The van der Waals surface area contributed by atoms with Crippen molar-refractivity contribution in [2.45, 2.75) is 77.0 Å². The first-order chi connectivity index (χ1) is 20.5. The molecule has 21 heteroatoms. The Morgan fingerprint density at radius 2 is 1.80 bits per heavy atom. The summed E-state index contributed by atoms with van der Waals surface area (Å²) in [6.07, 6.45) is 9.05. The van der Waals surface area contributed by atoms with E-state index in [9.17, 15) is 37.9 Å². The number of carbonyl (C=O) groups is 1. The number of phosphoric acid groups is 3. The number of aryl methyl sites for hydroxylation is 1. The maximum absolute atomic E-state index is 12.4. The normalized spacial score (nSPS) is 21.7. The minimum Gasteiger partial charge on any atom is -0.356 e. The molecule has 0 radical (unpaired) electrons. The SMILES string of the molecule is Cc1cn([C@H]2C[C@H](C/C=C\CCCC(=O)NCCCCCCN)[C@@H](COP(=O)(O)OP(=O)(O)OP(=O)(O)O)O2)c(=O)[nH]c1=O. The summed E-state index contributed by atoms with van der Waals surface area (Å²) < 4.78 is 53.9. The van der Waals surface area contributed by atoms with Gasteiger partial charge in [-0.1, -0.05) is 25.0 Å². The second-order valence-electron chi connectivity index (χ2n) is 10.1. The largest absolute Gasteiger partial charge is 0.490 e. The van der Waals surface area contributed by atoms with Crippen LogP contribution in [0.15, 0.2) is 27.9 Å². The lowest BCUT2D eigenvalue weighted by molar-refractivity contribution is -0.121. The van der Waals surface area contributed by atoms with Crippen LogP contribution in [0.3, 0.4) is 0 Å². The predicted molar refractivity (Wildman–Crippen MR) is 156 cm³/mol. The van der Waals surface area contributed by atoms with Crippen LogP contribution in [0.5, 0.6) is 0 Å². The minimum atomic E-state index is -5.70. The van der Waals surface area contributed by atoms with Gasteiger partial charge >= 0.3 is 29.2 Å². The number of aromatic nitrogens is 2. The summed E-state index contributed by atoms with van der Waals surface area (Å²) in [4.78, 5) is 74.9. The fourth-order valence-electron chi connectivity index (χ4n) is 4.36. The summed E-state index contributed by atoms with van der Waals surface area (Å²) in [5, 5.41) is 2.88. The van der Waals surface area contributed by atoms with E-state index in [2.05, 4.69) is 18.9 Å². The quantitative estimate of drug-likeness (QED) is 0.0584. The molecule has 0 aliphatic carbocycles. The number of aromatic amines is 1. The van der Waals surface area contributed by atoms with E-state index in [-0.39, 0.29) is 17.9 Å². The van der Waals surface area contributed by atoms with Gasteiger partial charge in [0.15, 0.2) is 0 Å². The number of unbranched alkanes of at least 4 members (excludes halogenated alkanes) is 4. The fourth-order valence-corrected chi connectivity index (χ4v) is 7.39. The van der Waals surface area contributed by atoms with Crippen LogP contribution in [0, 0.1) is 12.8 Å². The number of allylic oxidation sites excluding steroid dienone is 2. The van der Waals surface area contributed by atoms with Crippen LogP contribution in [0.25, 0.3) is 0 Å². The third-order valence-corrected chi connectivity index (χ3v) is 10.3. The third kappa shape index (κ3) is 14.5. The van der Waals surface area contributed by atoms with Gasteiger partial charge in [-0.3, -0.25) is 23.7 Å². The Labute approximate surface area is 253 Å². The number of hydrogen-bond acceptors (Lipinski definition) is 11. The molecule has 2 unspecified atom stereocenters. The zero-order chi connectivity index (χ0) is 33.0. The number of nitrogens with two attached hydrogens (primary N) is 1. The Morgan fingerprint density at radius 3 is 2.48 bits per heavy atom. The molecule has 0 spiro atoms. The van der Waals surface area contributed by atoms with Gasteiger partial charge in [0.05, 0.1) is 12.7 Å². The number of rotatable bonds is 20. The number of phosphoric ester groups is 1. The van der Waals surface area contributed by atoms with Gasteiger partial charge in [-0.25, -0.2) is 18.5 Å². The molecule has 0 saturated carbocycles. The summed E-state index contributed by atoms with van der Waals surface area (Å²) >= 11 is 0. The number of hydrogen-bond donors (Lipinski definition) is 7. The van der Waals surface area contributed by atoms with E-state index >= 15 is 0 Å². The first-order valence-electron chi connectivity index (χ1n) is 13.9. The van der Waals surface area contributed by atoms with Gasteiger partial charge in [-0.2, -0.15) is 8.62 Å². The van der Waals surface area contributed by atoms with Crippen molar-refractivity contribution in [1.29, 1.82) is 0 Å². The summed E-state index contributed by atoms with van der Waals surface area (Å²) in [7, 11) is -16.7. The fraction of sp³-hybridized carbons (Fsp3) is 0.696. The number of carbonyl (C=O) groups excluding carboxylic acids is 1. The van der Waals surface area contributed by atoms with Gasteiger partial charge in [0.1, 0.15) is 6.23 Å². The van der Waals surface area contributed by atoms with Crippen molar-refractivity contribution < 1.29 is 55.9 Å². The second-order valence-corrected chi connectivity index (χ2v) is 14.6. The smallest absolute Gasteiger partial charge is 0.356 e. The molecule has 1 aromatic rings. The molecule has 8 N–H and O–H groups in total. The van der Waals surface area contributed by atoms with Crippen molar-refractivity contribution in [2.75, 3.05) is 19.7 Å². The first kappa shape index (κ1) is 38.4. The lowest BCUT2D eigenvalue weighted by atomic mass is 9.96. The van der Waals surface area contributed by atoms with Crippen LogP contribution in [0.2, 0.25) is 0 Å². The van der Waals surface area contributed by atoms with Crippen LogP contribution in [0.1, 0.15) is 69.6 Å². The minimum absolute atomic E-state index is 0.0441. The van der Waals surface area contributed by atoms with Gasteiger partial charge in [0.25, 0.3) is 5.56 Å². The van der Waals surface area contributed by atoms with Crippen molar-refractivity contribution in [2.24, 2.45) is 11.7 Å². The highest BCUT2D eigenvalue weighted by Crippen LogP contribution is 2.66. The van der Waals surface area contributed by atoms with E-state index in [1.165, 1.54) is 13.1 Å². The van der Waals surface area contributed by atoms with Crippen LogP contribution in [-0.2, 0) is 36.4 Å². The van der Waals surface area contributed by atoms with Crippen LogP contribution >= 0.6 is 23.5 Å². The van der Waals surface area contributed by atoms with Gasteiger partial charge in [0.2, 0.25) is 5.91 Å². The molecular formula is C23H41N4O14P3. The zero-order valence-corrected chi connectivity index (χ0v) is 26.9. The Morgan fingerprint density at radius 1 is 1.09 bits per heavy atom. The average molecular weight is 691 g/mol. The van der Waals surface area contributed by atoms with E-state index in [0.717, 1.165) is 30.3 Å². The van der Waals surface area contributed by atoms with Crippen molar-refractivity contribution in [3.05, 3.63) is 44.8 Å². The van der Waals surface area contributed by atoms with Gasteiger partial charge in [-0.05, 0) is 57.9 Å². The molecule has 1 aliphatic heterocycles. The third-order valence-electron chi connectivity index (χ3n) is 6.47. The molecule has 44 heavy (non-hydrogen) atoms. The molecule has 1 fully saturated rings. The number of nitrogens with one attached hydrogen (secondary N) is 2. The first-order valence-corrected chi connectivity index (χ1v) is 18.4. The molecule has 2 heterocycles. The van der Waals surface area contributed by atoms with Crippen molar-refractivity contribution in [3.8, 4) is 0 Å². The topological polar surface area (TPSA) is 279 Å². The molecule has 1 amide bonds. The van der Waals surface area contributed by atoms with Crippen molar-refractivity contribution in [3.63, 3.8) is 0 Å². The standard InChI is InChI=1S/C23H41N4O14P3/c1-17-15-27(23(30)26-22(17)29)21-14-18(10-6-2-3-7-11-20(28)25-13-9-5-4-8-12-24)19(39-21)16-38-43(34,35)41-44(36,37)40-42(31,32)33/h2,6,15,18-19,21H,3-5,7-14,16,24H2,1H3,(H,25,28)(H,34,35)(H,36,37)(H,26,29,30)(H2,31,32,33)/b6-2-/t18-,19+,21+/m0/s1. The molecule has 0 bridgehead atoms. The maximum Gasteiger partial charge on any atom is 0.490 e. The van der Waals surface area contributed by atoms with Crippen LogP contribution in [-0.4, -0.2) is 60.8 Å². The molecule has 1 aromatic heterocycles. The molecule has 2 rings (SSSR count). The Kier molecular flexibility index (Phi) is 15.5. The molecule has 0 aromatic carbocycles. The van der Waals surface area contributed by atoms with Gasteiger partial charge in [0, 0.05) is 24.7 Å². The highest BCUT2D eigenvalue weighted by Gasteiger charge is 2.43. The molecule has 5 atom stereocenters. The zero-order valence-electron chi connectivity index (χ0n) is 24.2. The van der Waals surface area contributed by atoms with E-state index < -0.39 is 59.6 Å². The highest BCUT2D eigenvalue weighted by atomic mass is 31.3. The Hall–Kier alpha value is -1.78. The second kappa shape index (κ2) is 17.8. The van der Waals surface area contributed by atoms with E-state index in [1.54, 1.807) is 0 Å².